The molecule has 2 saturated heterocycles. The summed E-state index contributed by atoms with van der Waals surface area (Å²) >= 11 is 0. The second-order valence-electron chi connectivity index (χ2n) is 6.19. The van der Waals surface area contributed by atoms with Gasteiger partial charge in [-0.15, -0.1) is 0 Å². The van der Waals surface area contributed by atoms with Crippen molar-refractivity contribution in [1.82, 2.24) is 10.2 Å². The van der Waals surface area contributed by atoms with Crippen LogP contribution in [0.15, 0.2) is 0 Å². The second-order valence-corrected chi connectivity index (χ2v) is 6.19. The Morgan fingerprint density at radius 2 is 2.23 bits per heavy atom. The summed E-state index contributed by atoms with van der Waals surface area (Å²) in [7, 11) is 1.62. The molecule has 2 aliphatic heterocycles. The van der Waals surface area contributed by atoms with E-state index in [-0.39, 0.29) is 30.0 Å². The molecule has 0 aromatic heterocycles. The molecule has 7 heteroatoms. The lowest BCUT2D eigenvalue weighted by molar-refractivity contribution is -0.119. The van der Waals surface area contributed by atoms with Crippen molar-refractivity contribution < 1.29 is 19.1 Å². The number of carbonyl (C=O) groups is 2. The molecule has 0 spiro atoms. The molecule has 3 amide bonds. The van der Waals surface area contributed by atoms with Crippen LogP contribution in [0.5, 0.6) is 0 Å². The summed E-state index contributed by atoms with van der Waals surface area (Å²) in [5, 5.41) is 3.02. The SMILES string of the molecule is COCC(NC(=O)N1CCCC(CC(N)=O)C1)C1CCCO1. The number of methoxy groups -OCH3 is 1. The number of piperidine rings is 1. The summed E-state index contributed by atoms with van der Waals surface area (Å²) in [6, 6.07) is -0.233. The number of primary amides is 1. The number of likely N-dealkylation sites (tertiary alicyclic amines) is 1. The number of hydrogen-bond acceptors (Lipinski definition) is 4. The number of carbonyl (C=O) groups excluding carboxylic acids is 2. The van der Waals surface area contributed by atoms with Gasteiger partial charge in [0, 0.05) is 33.2 Å². The predicted molar refractivity (Wildman–Crippen MR) is 81.3 cm³/mol. The fourth-order valence-electron chi connectivity index (χ4n) is 3.29. The van der Waals surface area contributed by atoms with Gasteiger partial charge in [-0.3, -0.25) is 4.79 Å². The third-order valence-corrected chi connectivity index (χ3v) is 4.36. The highest BCUT2D eigenvalue weighted by atomic mass is 16.5. The van der Waals surface area contributed by atoms with Crippen LogP contribution in [0.25, 0.3) is 0 Å². The van der Waals surface area contributed by atoms with Gasteiger partial charge in [-0.05, 0) is 31.6 Å². The molecule has 2 rings (SSSR count). The van der Waals surface area contributed by atoms with Gasteiger partial charge in [-0.1, -0.05) is 0 Å². The van der Waals surface area contributed by atoms with Gasteiger partial charge in [0.25, 0.3) is 0 Å². The van der Waals surface area contributed by atoms with Gasteiger partial charge in [0.15, 0.2) is 0 Å². The summed E-state index contributed by atoms with van der Waals surface area (Å²) in [6.45, 7) is 2.48. The smallest absolute Gasteiger partial charge is 0.317 e. The molecule has 22 heavy (non-hydrogen) atoms. The van der Waals surface area contributed by atoms with Crippen LogP contribution in [0.1, 0.15) is 32.1 Å². The van der Waals surface area contributed by atoms with Crippen LogP contribution in [0, 0.1) is 5.92 Å². The van der Waals surface area contributed by atoms with Crippen LogP contribution in [0.2, 0.25) is 0 Å². The summed E-state index contributed by atoms with van der Waals surface area (Å²) in [6.07, 6.45) is 4.18. The molecule has 0 aliphatic carbocycles. The van der Waals surface area contributed by atoms with E-state index in [1.54, 1.807) is 12.0 Å². The highest BCUT2D eigenvalue weighted by Crippen LogP contribution is 2.20. The Hall–Kier alpha value is -1.34. The Bertz CT molecular complexity index is 385. The fraction of sp³-hybridized carbons (Fsp3) is 0.867. The van der Waals surface area contributed by atoms with E-state index >= 15 is 0 Å². The van der Waals surface area contributed by atoms with Crippen molar-refractivity contribution in [3.8, 4) is 0 Å². The van der Waals surface area contributed by atoms with Crippen LogP contribution in [0.3, 0.4) is 0 Å². The number of nitrogens with two attached hydrogens (primary N) is 1. The highest BCUT2D eigenvalue weighted by Gasteiger charge is 2.30. The Balaban J connectivity index is 1.87. The van der Waals surface area contributed by atoms with E-state index in [1.807, 2.05) is 0 Å². The first-order chi connectivity index (χ1) is 10.6. The zero-order chi connectivity index (χ0) is 15.9. The topological polar surface area (TPSA) is 93.9 Å². The van der Waals surface area contributed by atoms with Crippen LogP contribution in [0.4, 0.5) is 4.79 Å². The number of rotatable bonds is 6. The average Bonchev–Trinajstić information content (AvgIpc) is 3.00. The Labute approximate surface area is 131 Å². The number of nitrogens with one attached hydrogen (secondary N) is 1. The summed E-state index contributed by atoms with van der Waals surface area (Å²) in [5.74, 6) is -0.135. The van der Waals surface area contributed by atoms with Crippen LogP contribution >= 0.6 is 0 Å². The number of amides is 3. The van der Waals surface area contributed by atoms with Gasteiger partial charge in [0.2, 0.25) is 5.91 Å². The van der Waals surface area contributed by atoms with E-state index in [9.17, 15) is 9.59 Å². The van der Waals surface area contributed by atoms with E-state index in [0.29, 0.717) is 26.1 Å². The van der Waals surface area contributed by atoms with Crippen molar-refractivity contribution in [2.24, 2.45) is 11.7 Å². The molecule has 3 N–H and O–H groups in total. The Kier molecular flexibility index (Phi) is 6.45. The van der Waals surface area contributed by atoms with E-state index in [0.717, 1.165) is 32.3 Å². The van der Waals surface area contributed by atoms with Gasteiger partial charge in [-0.2, -0.15) is 0 Å². The average molecular weight is 313 g/mol. The highest BCUT2D eigenvalue weighted by molar-refractivity contribution is 5.76. The molecule has 126 valence electrons. The summed E-state index contributed by atoms with van der Waals surface area (Å²) < 4.78 is 10.9. The Morgan fingerprint density at radius 1 is 1.41 bits per heavy atom. The number of ether oxygens (including phenoxy) is 2. The zero-order valence-electron chi connectivity index (χ0n) is 13.3. The predicted octanol–water partition coefficient (Wildman–Crippen LogP) is 0.477. The maximum absolute atomic E-state index is 12.5. The lowest BCUT2D eigenvalue weighted by Crippen LogP contribution is -2.53. The van der Waals surface area contributed by atoms with Crippen molar-refractivity contribution in [2.45, 2.75) is 44.2 Å². The van der Waals surface area contributed by atoms with Gasteiger partial charge in [0.05, 0.1) is 18.8 Å². The molecular formula is C15H27N3O4. The summed E-state index contributed by atoms with van der Waals surface area (Å²) in [5.41, 5.74) is 5.26. The molecule has 0 bridgehead atoms. The van der Waals surface area contributed by atoms with Crippen molar-refractivity contribution in [1.29, 1.82) is 0 Å². The van der Waals surface area contributed by atoms with E-state index in [1.165, 1.54) is 0 Å². The molecule has 3 atom stereocenters. The van der Waals surface area contributed by atoms with E-state index < -0.39 is 0 Å². The number of nitrogens with zero attached hydrogens (tertiary/aromatic N) is 1. The molecular weight excluding hydrogens is 286 g/mol. The maximum Gasteiger partial charge on any atom is 0.317 e. The largest absolute Gasteiger partial charge is 0.382 e. The van der Waals surface area contributed by atoms with Crippen LogP contribution < -0.4 is 11.1 Å². The fourth-order valence-corrected chi connectivity index (χ4v) is 3.29. The van der Waals surface area contributed by atoms with E-state index in [4.69, 9.17) is 15.2 Å². The number of urea groups is 1. The van der Waals surface area contributed by atoms with Gasteiger partial charge < -0.3 is 25.4 Å². The molecule has 2 aliphatic rings. The first kappa shape index (κ1) is 17.0. The summed E-state index contributed by atoms with van der Waals surface area (Å²) in [4.78, 5) is 25.3. The molecule has 7 nitrogen and oxygen atoms in total. The van der Waals surface area contributed by atoms with Crippen LogP contribution in [-0.4, -0.2) is 62.4 Å². The van der Waals surface area contributed by atoms with Gasteiger partial charge in [0.1, 0.15) is 0 Å². The third kappa shape index (κ3) is 4.84. The van der Waals surface area contributed by atoms with Crippen molar-refractivity contribution in [2.75, 3.05) is 33.4 Å². The lowest BCUT2D eigenvalue weighted by Gasteiger charge is -2.34. The number of hydrogen-bond donors (Lipinski definition) is 2. The minimum absolute atomic E-state index is 0.0232. The minimum Gasteiger partial charge on any atom is -0.382 e. The van der Waals surface area contributed by atoms with Gasteiger partial charge in [-0.25, -0.2) is 4.79 Å². The first-order valence-corrected chi connectivity index (χ1v) is 8.04. The molecule has 3 unspecified atom stereocenters. The molecule has 0 aromatic carbocycles. The molecule has 0 aromatic rings. The zero-order valence-corrected chi connectivity index (χ0v) is 13.3. The normalized spacial score (nSPS) is 26.7. The lowest BCUT2D eigenvalue weighted by atomic mass is 9.95. The van der Waals surface area contributed by atoms with Gasteiger partial charge >= 0.3 is 6.03 Å². The van der Waals surface area contributed by atoms with Crippen molar-refractivity contribution in [3.05, 3.63) is 0 Å². The second kappa shape index (κ2) is 8.33. The first-order valence-electron chi connectivity index (χ1n) is 8.04. The van der Waals surface area contributed by atoms with E-state index in [2.05, 4.69) is 5.32 Å². The Morgan fingerprint density at radius 3 is 2.86 bits per heavy atom. The van der Waals surface area contributed by atoms with Crippen LogP contribution in [-0.2, 0) is 14.3 Å². The standard InChI is InChI=1S/C15H27N3O4/c1-21-10-12(13-5-3-7-22-13)17-15(20)18-6-2-4-11(9-18)8-14(16)19/h11-13H,2-10H2,1H3,(H2,16,19)(H,17,20). The van der Waals surface area contributed by atoms with Crippen molar-refractivity contribution in [3.63, 3.8) is 0 Å². The molecule has 0 saturated carbocycles. The monoisotopic (exact) mass is 313 g/mol. The third-order valence-electron chi connectivity index (χ3n) is 4.36. The molecule has 2 heterocycles. The quantitative estimate of drug-likeness (QED) is 0.745. The molecule has 0 radical (unpaired) electrons. The maximum atomic E-state index is 12.5. The minimum atomic E-state index is -0.302. The molecule has 2 fully saturated rings. The van der Waals surface area contributed by atoms with Crippen molar-refractivity contribution >= 4 is 11.9 Å².